The minimum Gasteiger partial charge on any atom is -0.493 e. The van der Waals surface area contributed by atoms with E-state index in [0.29, 0.717) is 12.2 Å². The van der Waals surface area contributed by atoms with Gasteiger partial charge >= 0.3 is 5.97 Å². The second kappa shape index (κ2) is 7.67. The van der Waals surface area contributed by atoms with Crippen LogP contribution in [-0.4, -0.2) is 17.7 Å². The molecule has 2 rings (SSSR count). The third-order valence-electron chi connectivity index (χ3n) is 3.62. The van der Waals surface area contributed by atoms with Gasteiger partial charge in [-0.15, -0.1) is 0 Å². The highest BCUT2D eigenvalue weighted by atomic mass is 16.5. The number of ether oxygens (including phenoxy) is 1. The third-order valence-corrected chi connectivity index (χ3v) is 3.62. The second-order valence-electron chi connectivity index (χ2n) is 5.22. The van der Waals surface area contributed by atoms with Gasteiger partial charge in [0, 0.05) is 5.39 Å². The molecule has 3 nitrogen and oxygen atoms in total. The van der Waals surface area contributed by atoms with E-state index in [1.54, 1.807) is 12.1 Å². The first-order valence-electron chi connectivity index (χ1n) is 7.62. The van der Waals surface area contributed by atoms with Gasteiger partial charge in [0.1, 0.15) is 5.75 Å². The maximum atomic E-state index is 11.2. The van der Waals surface area contributed by atoms with E-state index in [4.69, 9.17) is 4.74 Å². The largest absolute Gasteiger partial charge is 0.493 e. The average Bonchev–Trinajstić information content (AvgIpc) is 2.50. The highest BCUT2D eigenvalue weighted by molar-refractivity contribution is 6.05. The van der Waals surface area contributed by atoms with E-state index in [-0.39, 0.29) is 0 Å². The molecule has 0 spiro atoms. The molecule has 0 radical (unpaired) electrons. The maximum absolute atomic E-state index is 11.2. The Labute approximate surface area is 125 Å². The monoisotopic (exact) mass is 286 g/mol. The zero-order valence-electron chi connectivity index (χ0n) is 12.5. The number of fused-ring (bicyclic) bond motifs is 1. The summed E-state index contributed by atoms with van der Waals surface area (Å²) >= 11 is 0. The molecule has 0 aliphatic carbocycles. The maximum Gasteiger partial charge on any atom is 0.336 e. The Morgan fingerprint density at radius 2 is 1.71 bits per heavy atom. The van der Waals surface area contributed by atoms with E-state index >= 15 is 0 Å². The van der Waals surface area contributed by atoms with Crippen molar-refractivity contribution in [2.45, 2.75) is 39.0 Å². The van der Waals surface area contributed by atoms with E-state index in [1.807, 2.05) is 24.3 Å². The predicted octanol–water partition coefficient (Wildman–Crippen LogP) is 4.89. The van der Waals surface area contributed by atoms with Crippen molar-refractivity contribution >= 4 is 16.7 Å². The molecule has 0 heterocycles. The number of benzene rings is 2. The van der Waals surface area contributed by atoms with Gasteiger partial charge in [-0.2, -0.15) is 0 Å². The standard InChI is InChI=1S/C18H22O3/c1-2-3-4-5-8-13-21-17-12-11-16(18(19)20)14-9-6-7-10-15(14)17/h6-7,9-12H,2-5,8,13H2,1H3,(H,19,20). The fourth-order valence-corrected chi connectivity index (χ4v) is 2.47. The van der Waals surface area contributed by atoms with E-state index in [2.05, 4.69) is 6.92 Å². The lowest BCUT2D eigenvalue weighted by Crippen LogP contribution is -2.01. The van der Waals surface area contributed by atoms with Gasteiger partial charge in [0.05, 0.1) is 12.2 Å². The molecule has 0 saturated carbocycles. The number of hydrogen-bond donors (Lipinski definition) is 1. The molecule has 1 N–H and O–H groups in total. The number of unbranched alkanes of at least 4 members (excludes halogenated alkanes) is 4. The van der Waals surface area contributed by atoms with Gasteiger partial charge in [0.2, 0.25) is 0 Å². The van der Waals surface area contributed by atoms with Gasteiger partial charge < -0.3 is 9.84 Å². The van der Waals surface area contributed by atoms with Crippen LogP contribution in [-0.2, 0) is 0 Å². The summed E-state index contributed by atoms with van der Waals surface area (Å²) in [5, 5.41) is 10.8. The minimum absolute atomic E-state index is 0.320. The van der Waals surface area contributed by atoms with Gasteiger partial charge in [-0.05, 0) is 23.9 Å². The van der Waals surface area contributed by atoms with Crippen molar-refractivity contribution in [3.8, 4) is 5.75 Å². The molecule has 2 aromatic carbocycles. The summed E-state index contributed by atoms with van der Waals surface area (Å²) in [6.07, 6.45) is 5.98. The van der Waals surface area contributed by atoms with Crippen LogP contribution in [0, 0.1) is 0 Å². The summed E-state index contributed by atoms with van der Waals surface area (Å²) in [6.45, 7) is 2.88. The van der Waals surface area contributed by atoms with Gasteiger partial charge in [0.25, 0.3) is 0 Å². The van der Waals surface area contributed by atoms with Crippen LogP contribution < -0.4 is 4.74 Å². The van der Waals surface area contributed by atoms with E-state index < -0.39 is 5.97 Å². The van der Waals surface area contributed by atoms with Gasteiger partial charge in [-0.1, -0.05) is 56.9 Å². The smallest absolute Gasteiger partial charge is 0.336 e. The Kier molecular flexibility index (Phi) is 5.61. The van der Waals surface area contributed by atoms with Crippen LogP contribution in [0.15, 0.2) is 36.4 Å². The van der Waals surface area contributed by atoms with Gasteiger partial charge in [-0.3, -0.25) is 0 Å². The lowest BCUT2D eigenvalue weighted by Gasteiger charge is -2.11. The van der Waals surface area contributed by atoms with Crippen LogP contribution in [0.3, 0.4) is 0 Å². The topological polar surface area (TPSA) is 46.5 Å². The molecule has 21 heavy (non-hydrogen) atoms. The average molecular weight is 286 g/mol. The van der Waals surface area contributed by atoms with Crippen molar-refractivity contribution in [3.05, 3.63) is 42.0 Å². The molecule has 3 heteroatoms. The number of carboxylic acid groups (broad SMARTS) is 1. The summed E-state index contributed by atoms with van der Waals surface area (Å²) < 4.78 is 5.84. The number of carbonyl (C=O) groups is 1. The summed E-state index contributed by atoms with van der Waals surface area (Å²) in [7, 11) is 0. The molecule has 112 valence electrons. The Bertz CT molecular complexity index is 604. The van der Waals surface area contributed by atoms with Crippen LogP contribution in [0.25, 0.3) is 10.8 Å². The van der Waals surface area contributed by atoms with Crippen LogP contribution in [0.5, 0.6) is 5.75 Å². The molecule has 0 bridgehead atoms. The van der Waals surface area contributed by atoms with Crippen molar-refractivity contribution in [1.29, 1.82) is 0 Å². The number of hydrogen-bond acceptors (Lipinski definition) is 2. The summed E-state index contributed by atoms with van der Waals surface area (Å²) in [5.41, 5.74) is 0.320. The summed E-state index contributed by atoms with van der Waals surface area (Å²) in [6, 6.07) is 10.9. The Hall–Kier alpha value is -2.03. The van der Waals surface area contributed by atoms with Crippen molar-refractivity contribution in [2.24, 2.45) is 0 Å². The predicted molar refractivity (Wildman–Crippen MR) is 85.2 cm³/mol. The first kappa shape index (κ1) is 15.4. The van der Waals surface area contributed by atoms with E-state index in [1.165, 1.54) is 25.7 Å². The van der Waals surface area contributed by atoms with Crippen LogP contribution in [0.2, 0.25) is 0 Å². The Morgan fingerprint density at radius 1 is 1.00 bits per heavy atom. The molecule has 0 amide bonds. The molecule has 0 fully saturated rings. The summed E-state index contributed by atoms with van der Waals surface area (Å²) in [4.78, 5) is 11.2. The molecule has 0 atom stereocenters. The van der Waals surface area contributed by atoms with Crippen LogP contribution >= 0.6 is 0 Å². The number of carboxylic acids is 1. The fraction of sp³-hybridized carbons (Fsp3) is 0.389. The molecule has 0 unspecified atom stereocenters. The van der Waals surface area contributed by atoms with Gasteiger partial charge in [-0.25, -0.2) is 4.79 Å². The SMILES string of the molecule is CCCCCCCOc1ccc(C(=O)O)c2ccccc12. The molecule has 0 aromatic heterocycles. The van der Waals surface area contributed by atoms with Crippen molar-refractivity contribution < 1.29 is 14.6 Å². The molecular weight excluding hydrogens is 264 g/mol. The van der Waals surface area contributed by atoms with E-state index in [9.17, 15) is 9.90 Å². The lowest BCUT2D eigenvalue weighted by atomic mass is 10.0. The summed E-state index contributed by atoms with van der Waals surface area (Å²) in [5.74, 6) is -0.136. The van der Waals surface area contributed by atoms with Crippen LogP contribution in [0.1, 0.15) is 49.4 Å². The molecule has 0 aliphatic heterocycles. The zero-order valence-corrected chi connectivity index (χ0v) is 12.5. The van der Waals surface area contributed by atoms with Crippen molar-refractivity contribution in [2.75, 3.05) is 6.61 Å². The fourth-order valence-electron chi connectivity index (χ4n) is 2.47. The number of rotatable bonds is 8. The molecular formula is C18H22O3. The normalized spacial score (nSPS) is 10.7. The second-order valence-corrected chi connectivity index (χ2v) is 5.22. The third kappa shape index (κ3) is 3.97. The Morgan fingerprint density at radius 3 is 2.43 bits per heavy atom. The minimum atomic E-state index is -0.905. The first-order chi connectivity index (χ1) is 10.2. The zero-order chi connectivity index (χ0) is 15.1. The van der Waals surface area contributed by atoms with Gasteiger partial charge in [0.15, 0.2) is 0 Å². The first-order valence-corrected chi connectivity index (χ1v) is 7.62. The van der Waals surface area contributed by atoms with Crippen molar-refractivity contribution in [1.82, 2.24) is 0 Å². The molecule has 2 aromatic rings. The van der Waals surface area contributed by atoms with Crippen LogP contribution in [0.4, 0.5) is 0 Å². The number of aromatic carboxylic acids is 1. The molecule has 0 saturated heterocycles. The lowest BCUT2D eigenvalue weighted by molar-refractivity contribution is 0.0699. The van der Waals surface area contributed by atoms with E-state index in [0.717, 1.165) is 22.9 Å². The Balaban J connectivity index is 2.07. The quantitative estimate of drug-likeness (QED) is 0.703. The molecule has 0 aliphatic rings. The van der Waals surface area contributed by atoms with Crippen molar-refractivity contribution in [3.63, 3.8) is 0 Å². The highest BCUT2D eigenvalue weighted by Crippen LogP contribution is 2.28. The highest BCUT2D eigenvalue weighted by Gasteiger charge is 2.11.